The van der Waals surface area contributed by atoms with Crippen molar-refractivity contribution in [2.75, 3.05) is 29.9 Å². The van der Waals surface area contributed by atoms with Crippen LogP contribution in [0.1, 0.15) is 40.7 Å². The Bertz CT molecular complexity index is 1030. The highest BCUT2D eigenvalue weighted by molar-refractivity contribution is 6.07. The van der Waals surface area contributed by atoms with Gasteiger partial charge in [-0.05, 0) is 62.1 Å². The zero-order valence-corrected chi connectivity index (χ0v) is 18.5. The Morgan fingerprint density at radius 3 is 2.69 bits per heavy atom. The summed E-state index contributed by atoms with van der Waals surface area (Å²) in [5.74, 6) is -1.07. The van der Waals surface area contributed by atoms with Gasteiger partial charge in [-0.3, -0.25) is 14.4 Å². The van der Waals surface area contributed by atoms with Crippen LogP contribution < -0.4 is 15.5 Å². The largest absolute Gasteiger partial charge is 0.376 e. The number of aryl methyl sites for hydroxylation is 2. The van der Waals surface area contributed by atoms with Crippen molar-refractivity contribution >= 4 is 29.1 Å². The van der Waals surface area contributed by atoms with Crippen LogP contribution in [0.2, 0.25) is 0 Å². The summed E-state index contributed by atoms with van der Waals surface area (Å²) in [6, 6.07) is 12.8. The minimum Gasteiger partial charge on any atom is -0.376 e. The van der Waals surface area contributed by atoms with Crippen LogP contribution in [0.4, 0.5) is 11.4 Å². The number of hydrogen-bond acceptors (Lipinski definition) is 4. The lowest BCUT2D eigenvalue weighted by atomic mass is 10.1. The second-order valence-corrected chi connectivity index (χ2v) is 8.55. The molecule has 2 heterocycles. The number of nitrogens with zero attached hydrogens (tertiary/aromatic N) is 1. The molecule has 2 aromatic carbocycles. The summed E-state index contributed by atoms with van der Waals surface area (Å²) in [5.41, 5.74) is 3.91. The Morgan fingerprint density at radius 2 is 1.94 bits per heavy atom. The topological polar surface area (TPSA) is 87.7 Å². The van der Waals surface area contributed by atoms with Gasteiger partial charge in [0.1, 0.15) is 0 Å². The highest BCUT2D eigenvalue weighted by Gasteiger charge is 2.35. The van der Waals surface area contributed by atoms with Crippen molar-refractivity contribution in [1.82, 2.24) is 5.32 Å². The molecule has 2 aliphatic heterocycles. The molecule has 2 aromatic rings. The van der Waals surface area contributed by atoms with Crippen LogP contribution in [0.15, 0.2) is 42.5 Å². The highest BCUT2D eigenvalue weighted by atomic mass is 16.5. The van der Waals surface area contributed by atoms with Gasteiger partial charge in [-0.2, -0.15) is 0 Å². The first kappa shape index (κ1) is 22.0. The van der Waals surface area contributed by atoms with Crippen molar-refractivity contribution in [3.8, 4) is 0 Å². The Morgan fingerprint density at radius 1 is 1.12 bits per heavy atom. The third-order valence-corrected chi connectivity index (χ3v) is 6.24. The number of carbonyl (C=O) groups is 3. The lowest BCUT2D eigenvalue weighted by Gasteiger charge is -2.18. The van der Waals surface area contributed by atoms with Gasteiger partial charge in [0.15, 0.2) is 0 Å². The molecule has 0 unspecified atom stereocenters. The fraction of sp³-hybridized carbons (Fsp3) is 0.400. The second kappa shape index (κ2) is 9.53. The maximum Gasteiger partial charge on any atom is 0.253 e. The van der Waals surface area contributed by atoms with Crippen LogP contribution in [0, 0.1) is 19.8 Å². The Balaban J connectivity index is 1.41. The molecular weight excluding hydrogens is 406 g/mol. The van der Waals surface area contributed by atoms with E-state index in [2.05, 4.69) is 10.6 Å². The number of nitrogens with one attached hydrogen (secondary N) is 2. The molecule has 0 aliphatic carbocycles. The van der Waals surface area contributed by atoms with Crippen LogP contribution >= 0.6 is 0 Å². The molecule has 0 spiro atoms. The van der Waals surface area contributed by atoms with Gasteiger partial charge in [-0.15, -0.1) is 0 Å². The van der Waals surface area contributed by atoms with E-state index >= 15 is 0 Å². The van der Waals surface area contributed by atoms with E-state index in [0.717, 1.165) is 36.3 Å². The summed E-state index contributed by atoms with van der Waals surface area (Å²) < 4.78 is 5.55. The average Bonchev–Trinajstić information content (AvgIpc) is 3.44. The molecule has 0 aromatic heterocycles. The lowest BCUT2D eigenvalue weighted by molar-refractivity contribution is -0.122. The van der Waals surface area contributed by atoms with E-state index in [-0.39, 0.29) is 30.2 Å². The summed E-state index contributed by atoms with van der Waals surface area (Å²) in [5, 5.41) is 5.76. The maximum atomic E-state index is 13.0. The molecule has 2 N–H and O–H groups in total. The Kier molecular flexibility index (Phi) is 6.55. The van der Waals surface area contributed by atoms with E-state index in [1.807, 2.05) is 32.0 Å². The molecule has 7 heteroatoms. The first-order valence-electron chi connectivity index (χ1n) is 11.1. The van der Waals surface area contributed by atoms with E-state index in [9.17, 15) is 14.4 Å². The molecule has 168 valence electrons. The molecule has 7 nitrogen and oxygen atoms in total. The molecule has 2 atom stereocenters. The number of ether oxygens (including phenoxy) is 1. The first-order valence-corrected chi connectivity index (χ1v) is 11.1. The SMILES string of the molecule is Cc1ccc(N2C[C@@H](C(=O)Nc3ccccc3C(=O)NC[C@H]3CCCO3)CC2=O)cc1C. The molecule has 0 bridgehead atoms. The number of rotatable bonds is 6. The number of benzene rings is 2. The van der Waals surface area contributed by atoms with Crippen molar-refractivity contribution in [3.05, 3.63) is 59.2 Å². The minimum atomic E-state index is -0.480. The number of carbonyl (C=O) groups excluding carboxylic acids is 3. The van der Waals surface area contributed by atoms with Crippen molar-refractivity contribution < 1.29 is 19.1 Å². The van der Waals surface area contributed by atoms with Crippen LogP contribution in [0.25, 0.3) is 0 Å². The number of hydrogen-bond donors (Lipinski definition) is 2. The van der Waals surface area contributed by atoms with Gasteiger partial charge in [-0.1, -0.05) is 18.2 Å². The monoisotopic (exact) mass is 435 g/mol. The molecule has 2 saturated heterocycles. The minimum absolute atomic E-state index is 0.0431. The smallest absolute Gasteiger partial charge is 0.253 e. The van der Waals surface area contributed by atoms with E-state index in [1.54, 1.807) is 29.2 Å². The Hall–Kier alpha value is -3.19. The van der Waals surface area contributed by atoms with Crippen molar-refractivity contribution in [2.24, 2.45) is 5.92 Å². The summed E-state index contributed by atoms with van der Waals surface area (Å²) >= 11 is 0. The van der Waals surface area contributed by atoms with Gasteiger partial charge in [0, 0.05) is 31.8 Å². The number of amides is 3. The van der Waals surface area contributed by atoms with E-state index in [4.69, 9.17) is 4.74 Å². The summed E-state index contributed by atoms with van der Waals surface area (Å²) in [7, 11) is 0. The van der Waals surface area contributed by atoms with Crippen LogP contribution in [0.5, 0.6) is 0 Å². The summed E-state index contributed by atoms with van der Waals surface area (Å²) in [6.07, 6.45) is 2.13. The van der Waals surface area contributed by atoms with Crippen molar-refractivity contribution in [3.63, 3.8) is 0 Å². The number of para-hydroxylation sites is 1. The fourth-order valence-corrected chi connectivity index (χ4v) is 4.16. The molecule has 3 amide bonds. The average molecular weight is 436 g/mol. The molecule has 2 fully saturated rings. The third kappa shape index (κ3) is 4.83. The summed E-state index contributed by atoms with van der Waals surface area (Å²) in [4.78, 5) is 39.9. The Labute approximate surface area is 188 Å². The van der Waals surface area contributed by atoms with Gasteiger partial charge in [-0.25, -0.2) is 0 Å². The fourth-order valence-electron chi connectivity index (χ4n) is 4.16. The normalized spacial score (nSPS) is 20.4. The zero-order chi connectivity index (χ0) is 22.7. The van der Waals surface area contributed by atoms with Gasteiger partial charge in [0.2, 0.25) is 11.8 Å². The molecule has 0 radical (unpaired) electrons. The maximum absolute atomic E-state index is 13.0. The van der Waals surface area contributed by atoms with Crippen LogP contribution in [-0.4, -0.2) is 43.5 Å². The lowest BCUT2D eigenvalue weighted by Crippen LogP contribution is -2.33. The first-order chi connectivity index (χ1) is 15.4. The van der Waals surface area contributed by atoms with Gasteiger partial charge in [0.05, 0.1) is 23.3 Å². The molecule has 4 rings (SSSR count). The molecule has 0 saturated carbocycles. The van der Waals surface area contributed by atoms with E-state index < -0.39 is 5.92 Å². The van der Waals surface area contributed by atoms with E-state index in [0.29, 0.717) is 24.3 Å². The predicted molar refractivity (Wildman–Crippen MR) is 123 cm³/mol. The van der Waals surface area contributed by atoms with Crippen molar-refractivity contribution in [2.45, 2.75) is 39.2 Å². The van der Waals surface area contributed by atoms with Crippen LogP contribution in [-0.2, 0) is 14.3 Å². The number of anilines is 2. The third-order valence-electron chi connectivity index (χ3n) is 6.24. The molecular formula is C25H29N3O4. The van der Waals surface area contributed by atoms with Crippen molar-refractivity contribution in [1.29, 1.82) is 0 Å². The highest BCUT2D eigenvalue weighted by Crippen LogP contribution is 2.28. The van der Waals surface area contributed by atoms with Gasteiger partial charge in [0.25, 0.3) is 5.91 Å². The molecule has 32 heavy (non-hydrogen) atoms. The zero-order valence-electron chi connectivity index (χ0n) is 18.5. The predicted octanol–water partition coefficient (Wildman–Crippen LogP) is 3.20. The quantitative estimate of drug-likeness (QED) is 0.729. The second-order valence-electron chi connectivity index (χ2n) is 8.55. The van der Waals surface area contributed by atoms with Crippen LogP contribution in [0.3, 0.4) is 0 Å². The molecule has 2 aliphatic rings. The van der Waals surface area contributed by atoms with E-state index in [1.165, 1.54) is 0 Å². The van der Waals surface area contributed by atoms with Gasteiger partial charge < -0.3 is 20.3 Å². The standard InChI is InChI=1S/C25H29N3O4/c1-16-9-10-19(12-17(16)2)28-15-18(13-23(28)29)24(30)27-22-8-4-3-7-21(22)25(31)26-14-20-6-5-11-32-20/h3-4,7-10,12,18,20H,5-6,11,13-15H2,1-2H3,(H,26,31)(H,27,30)/t18-,20+/m0/s1. The summed E-state index contributed by atoms with van der Waals surface area (Å²) in [6.45, 7) is 5.52. The van der Waals surface area contributed by atoms with Gasteiger partial charge >= 0.3 is 0 Å².